The van der Waals surface area contributed by atoms with E-state index in [2.05, 4.69) is 15.5 Å². The van der Waals surface area contributed by atoms with E-state index in [1.54, 1.807) is 7.11 Å². The highest BCUT2D eigenvalue weighted by Gasteiger charge is 2.11. The Bertz CT molecular complexity index is 565. The Kier molecular flexibility index (Phi) is 4.15. The number of aromatic amines is 1. The topological polar surface area (TPSA) is 93.0 Å². The summed E-state index contributed by atoms with van der Waals surface area (Å²) in [5.74, 6) is -0.276. The van der Waals surface area contributed by atoms with Crippen LogP contribution in [0.5, 0.6) is 0 Å². The number of rotatable bonds is 5. The highest BCUT2D eigenvalue weighted by atomic mass is 16.5. The molecule has 6 nitrogen and oxygen atoms in total. The molecule has 2 rings (SSSR count). The van der Waals surface area contributed by atoms with E-state index in [1.165, 1.54) is 6.20 Å². The first-order valence-corrected chi connectivity index (χ1v) is 5.85. The van der Waals surface area contributed by atoms with Crippen molar-refractivity contribution in [2.24, 2.45) is 0 Å². The van der Waals surface area contributed by atoms with E-state index in [0.717, 1.165) is 11.1 Å². The van der Waals surface area contributed by atoms with Crippen LogP contribution in [0.2, 0.25) is 0 Å². The first-order chi connectivity index (χ1) is 9.22. The molecule has 2 aromatic rings. The molecule has 1 heterocycles. The van der Waals surface area contributed by atoms with Gasteiger partial charge in [-0.2, -0.15) is 5.10 Å². The summed E-state index contributed by atoms with van der Waals surface area (Å²) in [4.78, 5) is 11.9. The maximum atomic E-state index is 11.9. The van der Waals surface area contributed by atoms with Crippen molar-refractivity contribution in [3.8, 4) is 0 Å². The molecule has 0 spiro atoms. The molecule has 6 heteroatoms. The monoisotopic (exact) mass is 260 g/mol. The smallest absolute Gasteiger partial charge is 0.271 e. The van der Waals surface area contributed by atoms with Gasteiger partial charge in [0, 0.05) is 13.7 Å². The van der Waals surface area contributed by atoms with Crippen LogP contribution in [0.25, 0.3) is 0 Å². The van der Waals surface area contributed by atoms with Gasteiger partial charge in [0.1, 0.15) is 5.69 Å². The van der Waals surface area contributed by atoms with Gasteiger partial charge in [0.25, 0.3) is 5.91 Å². The first-order valence-electron chi connectivity index (χ1n) is 5.85. The van der Waals surface area contributed by atoms with Crippen LogP contribution in [0, 0.1) is 0 Å². The molecule has 1 aromatic carbocycles. The first kappa shape index (κ1) is 13.1. The lowest BCUT2D eigenvalue weighted by atomic mass is 10.1. The van der Waals surface area contributed by atoms with Crippen LogP contribution in [-0.2, 0) is 17.9 Å². The summed E-state index contributed by atoms with van der Waals surface area (Å²) in [7, 11) is 1.64. The summed E-state index contributed by atoms with van der Waals surface area (Å²) >= 11 is 0. The number of nitrogen functional groups attached to an aromatic ring is 1. The van der Waals surface area contributed by atoms with Crippen molar-refractivity contribution in [2.45, 2.75) is 13.2 Å². The number of hydrogen-bond acceptors (Lipinski definition) is 4. The second kappa shape index (κ2) is 6.01. The van der Waals surface area contributed by atoms with E-state index in [9.17, 15) is 4.79 Å². The van der Waals surface area contributed by atoms with Gasteiger partial charge in [-0.05, 0) is 11.1 Å². The van der Waals surface area contributed by atoms with Gasteiger partial charge < -0.3 is 15.8 Å². The lowest BCUT2D eigenvalue weighted by Crippen LogP contribution is -2.24. The molecular weight excluding hydrogens is 244 g/mol. The fourth-order valence-electron chi connectivity index (χ4n) is 1.77. The molecule has 4 N–H and O–H groups in total. The summed E-state index contributed by atoms with van der Waals surface area (Å²) in [5, 5.41) is 9.08. The molecule has 1 amide bonds. The second-order valence-electron chi connectivity index (χ2n) is 4.08. The van der Waals surface area contributed by atoms with Gasteiger partial charge in [0.15, 0.2) is 0 Å². The number of aromatic nitrogens is 2. The average Bonchev–Trinajstić information content (AvgIpc) is 2.84. The number of nitrogens with one attached hydrogen (secondary N) is 2. The molecule has 0 atom stereocenters. The largest absolute Gasteiger partial charge is 0.396 e. The number of amides is 1. The zero-order valence-corrected chi connectivity index (χ0v) is 10.6. The van der Waals surface area contributed by atoms with Gasteiger partial charge in [-0.15, -0.1) is 0 Å². The molecule has 0 aliphatic heterocycles. The zero-order chi connectivity index (χ0) is 13.7. The third-order valence-corrected chi connectivity index (χ3v) is 2.75. The Balaban J connectivity index is 2.03. The number of hydrogen-bond donors (Lipinski definition) is 3. The lowest BCUT2D eigenvalue weighted by Gasteiger charge is -2.09. The fraction of sp³-hybridized carbons (Fsp3) is 0.231. The molecular formula is C13H16N4O2. The van der Waals surface area contributed by atoms with Crippen molar-refractivity contribution in [1.82, 2.24) is 15.5 Å². The van der Waals surface area contributed by atoms with Crippen molar-refractivity contribution in [2.75, 3.05) is 12.8 Å². The van der Waals surface area contributed by atoms with Gasteiger partial charge in [-0.3, -0.25) is 9.89 Å². The predicted molar refractivity (Wildman–Crippen MR) is 71.3 cm³/mol. The van der Waals surface area contributed by atoms with Gasteiger partial charge >= 0.3 is 0 Å². The number of ether oxygens (including phenoxy) is 1. The minimum atomic E-state index is -0.276. The molecule has 0 bridgehead atoms. The van der Waals surface area contributed by atoms with Crippen LogP contribution < -0.4 is 11.1 Å². The lowest BCUT2D eigenvalue weighted by molar-refractivity contribution is 0.0946. The molecule has 19 heavy (non-hydrogen) atoms. The van der Waals surface area contributed by atoms with Gasteiger partial charge in [-0.25, -0.2) is 0 Å². The Morgan fingerprint density at radius 2 is 2.16 bits per heavy atom. The van der Waals surface area contributed by atoms with Crippen molar-refractivity contribution in [3.05, 3.63) is 47.3 Å². The van der Waals surface area contributed by atoms with Gasteiger partial charge in [0.2, 0.25) is 0 Å². The van der Waals surface area contributed by atoms with E-state index in [4.69, 9.17) is 10.5 Å². The van der Waals surface area contributed by atoms with Gasteiger partial charge in [0.05, 0.1) is 18.5 Å². The Hall–Kier alpha value is -2.34. The maximum Gasteiger partial charge on any atom is 0.271 e. The summed E-state index contributed by atoms with van der Waals surface area (Å²) in [6.45, 7) is 0.926. The molecule has 0 radical (unpaired) electrons. The molecule has 0 aliphatic carbocycles. The van der Waals surface area contributed by atoms with Crippen LogP contribution in [0.3, 0.4) is 0 Å². The molecule has 0 fully saturated rings. The van der Waals surface area contributed by atoms with E-state index >= 15 is 0 Å². The SMILES string of the molecule is COCc1ccccc1CNC(=O)c1[nH]ncc1N. The van der Waals surface area contributed by atoms with Crippen molar-refractivity contribution in [1.29, 1.82) is 0 Å². The number of anilines is 1. The van der Waals surface area contributed by atoms with Crippen molar-refractivity contribution >= 4 is 11.6 Å². The van der Waals surface area contributed by atoms with Crippen molar-refractivity contribution < 1.29 is 9.53 Å². The van der Waals surface area contributed by atoms with Crippen molar-refractivity contribution in [3.63, 3.8) is 0 Å². The Morgan fingerprint density at radius 1 is 1.42 bits per heavy atom. The quantitative estimate of drug-likeness (QED) is 0.749. The number of carbonyl (C=O) groups is 1. The third-order valence-electron chi connectivity index (χ3n) is 2.75. The van der Waals surface area contributed by atoms with Crippen LogP contribution in [0.4, 0.5) is 5.69 Å². The highest BCUT2D eigenvalue weighted by molar-refractivity contribution is 5.96. The van der Waals surface area contributed by atoms with Gasteiger partial charge in [-0.1, -0.05) is 24.3 Å². The molecule has 0 unspecified atom stereocenters. The molecule has 100 valence electrons. The number of carbonyl (C=O) groups excluding carboxylic acids is 1. The summed E-state index contributed by atoms with van der Waals surface area (Å²) < 4.78 is 5.12. The fourth-order valence-corrected chi connectivity index (χ4v) is 1.77. The van der Waals surface area contributed by atoms with E-state index < -0.39 is 0 Å². The molecule has 0 saturated carbocycles. The normalized spacial score (nSPS) is 10.4. The standard InChI is InChI=1S/C13H16N4O2/c1-19-8-10-5-3-2-4-9(10)6-15-13(18)12-11(14)7-16-17-12/h2-5,7H,6,8,14H2,1H3,(H,15,18)(H,16,17). The highest BCUT2D eigenvalue weighted by Crippen LogP contribution is 2.11. The minimum absolute atomic E-state index is 0.276. The number of H-pyrrole nitrogens is 1. The maximum absolute atomic E-state index is 11.9. The summed E-state index contributed by atoms with van der Waals surface area (Å²) in [6.07, 6.45) is 1.41. The number of benzene rings is 1. The van der Waals surface area contributed by atoms with E-state index in [0.29, 0.717) is 18.8 Å². The van der Waals surface area contributed by atoms with E-state index in [1.807, 2.05) is 24.3 Å². The zero-order valence-electron chi connectivity index (χ0n) is 10.6. The van der Waals surface area contributed by atoms with E-state index in [-0.39, 0.29) is 11.6 Å². The average molecular weight is 260 g/mol. The molecule has 0 saturated heterocycles. The molecule has 0 aliphatic rings. The van der Waals surface area contributed by atoms with Crippen LogP contribution in [0.15, 0.2) is 30.5 Å². The number of nitrogens with zero attached hydrogens (tertiary/aromatic N) is 1. The van der Waals surface area contributed by atoms with Crippen LogP contribution >= 0.6 is 0 Å². The minimum Gasteiger partial charge on any atom is -0.396 e. The summed E-state index contributed by atoms with van der Waals surface area (Å²) in [6, 6.07) is 7.78. The predicted octanol–water partition coefficient (Wildman–Crippen LogP) is 1.07. The Labute approximate surface area is 111 Å². The number of nitrogens with two attached hydrogens (primary N) is 1. The number of methoxy groups -OCH3 is 1. The Morgan fingerprint density at radius 3 is 2.79 bits per heavy atom. The van der Waals surface area contributed by atoms with Crippen LogP contribution in [0.1, 0.15) is 21.6 Å². The second-order valence-corrected chi connectivity index (χ2v) is 4.08. The summed E-state index contributed by atoms with van der Waals surface area (Å²) in [5.41, 5.74) is 8.29. The third kappa shape index (κ3) is 3.11. The van der Waals surface area contributed by atoms with Crippen LogP contribution in [-0.4, -0.2) is 23.2 Å². The molecule has 1 aromatic heterocycles.